The van der Waals surface area contributed by atoms with E-state index in [1.54, 1.807) is 17.4 Å². The first-order valence-electron chi connectivity index (χ1n) is 14.5. The van der Waals surface area contributed by atoms with Crippen molar-refractivity contribution in [1.82, 2.24) is 19.9 Å². The Morgan fingerprint density at radius 2 is 2.16 bits per heavy atom. The number of hydrogen-bond acceptors (Lipinski definition) is 8. The van der Waals surface area contributed by atoms with Crippen LogP contribution in [0.25, 0.3) is 10.9 Å². The van der Waals surface area contributed by atoms with E-state index in [9.17, 15) is 4.79 Å². The Morgan fingerprint density at radius 1 is 1.32 bits per heavy atom. The first-order chi connectivity index (χ1) is 21.4. The minimum atomic E-state index is -0.0664. The molecule has 3 aliphatic rings. The van der Waals surface area contributed by atoms with Crippen LogP contribution in [0, 0.1) is 19.3 Å². The molecule has 10 heteroatoms. The number of aromatic nitrogens is 2. The van der Waals surface area contributed by atoms with Crippen LogP contribution in [-0.4, -0.2) is 75.1 Å². The fourth-order valence-corrected chi connectivity index (χ4v) is 5.10. The topological polar surface area (TPSA) is 95.2 Å². The Labute approximate surface area is 257 Å². The number of nitrogens with one attached hydrogen (secondary N) is 1. The highest BCUT2D eigenvalue weighted by molar-refractivity contribution is 6.01. The van der Waals surface area contributed by atoms with Crippen LogP contribution in [0.3, 0.4) is 0 Å². The number of benzene rings is 2. The van der Waals surface area contributed by atoms with Crippen molar-refractivity contribution in [2.45, 2.75) is 27.2 Å². The third-order valence-electron chi connectivity index (χ3n) is 7.27. The summed E-state index contributed by atoms with van der Waals surface area (Å²) in [7, 11) is 0. The molecule has 1 aromatic heterocycles. The number of anilines is 2. The van der Waals surface area contributed by atoms with Crippen LogP contribution in [0.2, 0.25) is 0 Å². The number of rotatable bonds is 6. The van der Waals surface area contributed by atoms with E-state index in [4.69, 9.17) is 15.9 Å². The normalized spacial score (nSPS) is 15.4. The molecule has 3 aliphatic heterocycles. The highest BCUT2D eigenvalue weighted by Gasteiger charge is 2.36. The zero-order chi connectivity index (χ0) is 31.1. The number of carbonyl (C=O) groups excluding carboxylic acids is 1. The first kappa shape index (κ1) is 30.0. The Morgan fingerprint density at radius 3 is 2.86 bits per heavy atom. The van der Waals surface area contributed by atoms with Gasteiger partial charge in [-0.15, -0.1) is 12.3 Å². The largest absolute Gasteiger partial charge is 0.475 e. The quantitative estimate of drug-likeness (QED) is 0.180. The van der Waals surface area contributed by atoms with Crippen LogP contribution in [0.1, 0.15) is 25.8 Å². The fraction of sp³-hybridized carbons (Fsp3) is 0.265. The van der Waals surface area contributed by atoms with E-state index in [2.05, 4.69) is 37.5 Å². The fourth-order valence-electron chi connectivity index (χ4n) is 5.10. The van der Waals surface area contributed by atoms with Crippen molar-refractivity contribution in [1.29, 1.82) is 0 Å². The number of allylic oxidation sites excluding steroid dienone is 1. The van der Waals surface area contributed by atoms with Crippen LogP contribution < -0.4 is 14.8 Å². The first-order valence-corrected chi connectivity index (χ1v) is 14.5. The van der Waals surface area contributed by atoms with Gasteiger partial charge in [0.2, 0.25) is 23.1 Å². The molecule has 1 N–H and O–H groups in total. The lowest BCUT2D eigenvalue weighted by Gasteiger charge is -2.29. The third-order valence-corrected chi connectivity index (χ3v) is 7.27. The predicted octanol–water partition coefficient (Wildman–Crippen LogP) is 5.31. The minimum Gasteiger partial charge on any atom is -0.475 e. The summed E-state index contributed by atoms with van der Waals surface area (Å²) in [5, 5.41) is 10.4. The number of fused-ring (bicyclic) bond motifs is 4. The number of amides is 1. The SMILES string of the molecule is C#CCC.C=CC(=O)N1CC[N+]2=C(COc3c2ccc2ncnc(Nc4ccc(OC5=CCN(/N=C\C)C=C5)c(C)c4)c32)C1. The molecule has 44 heavy (non-hydrogen) atoms. The smallest absolute Gasteiger partial charge is 0.248 e. The molecular formula is C34H36N7O3+. The summed E-state index contributed by atoms with van der Waals surface area (Å²) in [5.74, 6) is 5.32. The van der Waals surface area contributed by atoms with E-state index in [1.807, 2.05) is 74.5 Å². The summed E-state index contributed by atoms with van der Waals surface area (Å²) in [6.45, 7) is 12.3. The molecule has 0 radical (unpaired) electrons. The Kier molecular flexibility index (Phi) is 9.35. The zero-order valence-corrected chi connectivity index (χ0v) is 25.3. The number of ether oxygens (including phenoxy) is 2. The second-order valence-electron chi connectivity index (χ2n) is 10.2. The van der Waals surface area contributed by atoms with E-state index in [0.717, 1.165) is 57.2 Å². The number of carbonyl (C=O) groups is 1. The second-order valence-corrected chi connectivity index (χ2v) is 10.2. The van der Waals surface area contributed by atoms with Crippen molar-refractivity contribution in [2.75, 3.05) is 38.1 Å². The van der Waals surface area contributed by atoms with Crippen LogP contribution >= 0.6 is 0 Å². The van der Waals surface area contributed by atoms with Gasteiger partial charge >= 0.3 is 0 Å². The number of terminal acetylenes is 1. The van der Waals surface area contributed by atoms with Crippen LogP contribution in [-0.2, 0) is 4.79 Å². The third kappa shape index (κ3) is 6.47. The Bertz CT molecular complexity index is 1750. The van der Waals surface area contributed by atoms with E-state index in [-0.39, 0.29) is 5.91 Å². The monoisotopic (exact) mass is 590 g/mol. The van der Waals surface area contributed by atoms with Crippen molar-refractivity contribution in [3.8, 4) is 23.8 Å². The standard InChI is InChI=1S/C30H30N7O3.C4H6/c1-4-27(38)35-14-15-37-22(17-35)18-39-29-25(37)8-7-24-28(29)30(32-19-31-24)34-21-6-9-26(20(3)16-21)40-23-10-12-36(13-11-23)33-5-2;1-3-4-2/h4-12,16,19H,1,13-15,17-18H2,2-3H3,(H,31,32,34);1H,4H2,2H3/q+1;/b33-5-;. The van der Waals surface area contributed by atoms with Gasteiger partial charge in [-0.3, -0.25) is 9.80 Å². The highest BCUT2D eigenvalue weighted by atomic mass is 16.5. The maximum atomic E-state index is 12.1. The molecule has 0 saturated carbocycles. The number of nitrogens with zero attached hydrogens (tertiary/aromatic N) is 6. The van der Waals surface area contributed by atoms with Crippen LogP contribution in [0.15, 0.2) is 78.5 Å². The molecular weight excluding hydrogens is 554 g/mol. The molecule has 3 aromatic rings. The van der Waals surface area contributed by atoms with Gasteiger partial charge in [0, 0.05) is 30.6 Å². The lowest BCUT2D eigenvalue weighted by molar-refractivity contribution is -0.453. The van der Waals surface area contributed by atoms with Gasteiger partial charge in [-0.2, -0.15) is 9.68 Å². The maximum absolute atomic E-state index is 12.1. The summed E-state index contributed by atoms with van der Waals surface area (Å²) in [6.07, 6.45) is 16.1. The molecule has 4 heterocycles. The van der Waals surface area contributed by atoms with E-state index >= 15 is 0 Å². The summed E-state index contributed by atoms with van der Waals surface area (Å²) in [4.78, 5) is 23.0. The summed E-state index contributed by atoms with van der Waals surface area (Å²) < 4.78 is 14.7. The lowest BCUT2D eigenvalue weighted by Crippen LogP contribution is -2.48. The van der Waals surface area contributed by atoms with E-state index < -0.39 is 0 Å². The van der Waals surface area contributed by atoms with Crippen molar-refractivity contribution < 1.29 is 18.8 Å². The number of hydrazone groups is 1. The molecule has 6 rings (SSSR count). The van der Waals surface area contributed by atoms with E-state index in [1.165, 1.54) is 6.08 Å². The molecule has 2 aromatic carbocycles. The van der Waals surface area contributed by atoms with Crippen LogP contribution in [0.4, 0.5) is 17.2 Å². The van der Waals surface area contributed by atoms with Gasteiger partial charge in [0.05, 0.1) is 24.0 Å². The van der Waals surface area contributed by atoms with Crippen molar-refractivity contribution >= 4 is 45.9 Å². The Hall–Kier alpha value is -5.43. The van der Waals surface area contributed by atoms with Crippen molar-refractivity contribution in [3.63, 3.8) is 0 Å². The van der Waals surface area contributed by atoms with Crippen molar-refractivity contribution in [3.05, 3.63) is 79.0 Å². The van der Waals surface area contributed by atoms with E-state index in [0.29, 0.717) is 38.6 Å². The minimum absolute atomic E-state index is 0.0664. The van der Waals surface area contributed by atoms with Gasteiger partial charge in [0.1, 0.15) is 30.2 Å². The summed E-state index contributed by atoms with van der Waals surface area (Å²) in [6, 6.07) is 9.95. The van der Waals surface area contributed by atoms with Gasteiger partial charge in [0.25, 0.3) is 0 Å². The zero-order valence-electron chi connectivity index (χ0n) is 25.3. The second kappa shape index (κ2) is 13.7. The molecule has 224 valence electrons. The molecule has 0 bridgehead atoms. The molecule has 0 fully saturated rings. The average molecular weight is 591 g/mol. The molecule has 1 amide bonds. The molecule has 10 nitrogen and oxygen atoms in total. The van der Waals surface area contributed by atoms with Gasteiger partial charge in [-0.1, -0.05) is 13.5 Å². The van der Waals surface area contributed by atoms with Crippen molar-refractivity contribution in [2.24, 2.45) is 5.10 Å². The molecule has 0 atom stereocenters. The predicted molar refractivity (Wildman–Crippen MR) is 174 cm³/mol. The molecule has 0 saturated heterocycles. The van der Waals surface area contributed by atoms with Gasteiger partial charge in [0.15, 0.2) is 13.2 Å². The Balaban J connectivity index is 0.000000906. The van der Waals surface area contributed by atoms with Gasteiger partial charge in [-0.25, -0.2) is 9.97 Å². The lowest BCUT2D eigenvalue weighted by atomic mass is 10.1. The molecule has 0 aliphatic carbocycles. The number of hydrogen-bond donors (Lipinski definition) is 1. The molecule has 0 unspecified atom stereocenters. The molecule has 0 spiro atoms. The maximum Gasteiger partial charge on any atom is 0.248 e. The van der Waals surface area contributed by atoms with Gasteiger partial charge < -0.3 is 19.7 Å². The van der Waals surface area contributed by atoms with Crippen LogP contribution in [0.5, 0.6) is 11.5 Å². The average Bonchev–Trinajstić information content (AvgIpc) is 3.06. The highest BCUT2D eigenvalue weighted by Crippen LogP contribution is 2.41. The number of aryl methyl sites for hydroxylation is 1. The van der Waals surface area contributed by atoms with Gasteiger partial charge in [-0.05, 0) is 61.9 Å². The summed E-state index contributed by atoms with van der Waals surface area (Å²) in [5.41, 5.74) is 4.64. The summed E-state index contributed by atoms with van der Waals surface area (Å²) >= 11 is 0.